The van der Waals surface area contributed by atoms with Crippen LogP contribution < -0.4 is 0 Å². The van der Waals surface area contributed by atoms with Crippen LogP contribution in [-0.2, 0) is 14.3 Å². The summed E-state index contributed by atoms with van der Waals surface area (Å²) < 4.78 is 4.62. The summed E-state index contributed by atoms with van der Waals surface area (Å²) in [7, 11) is 1.34. The standard InChI is InChI=1S/C15H19NO3S/c1-10(15(18)19-4)5-6-13(8-17)11(2)7-14-9-20-12(3)16-14/h5,7-9,13H,6H2,1-4H3/b10-5-,11-7+/t13-/m1/s1. The van der Waals surface area contributed by atoms with E-state index >= 15 is 0 Å². The number of carbonyl (C=O) groups excluding carboxylic acids is 2. The van der Waals surface area contributed by atoms with Gasteiger partial charge in [-0.25, -0.2) is 9.78 Å². The van der Waals surface area contributed by atoms with Gasteiger partial charge in [0.2, 0.25) is 0 Å². The molecule has 0 saturated carbocycles. The fourth-order valence-electron chi connectivity index (χ4n) is 1.68. The molecule has 0 unspecified atom stereocenters. The van der Waals surface area contributed by atoms with Gasteiger partial charge in [0.1, 0.15) is 6.29 Å². The van der Waals surface area contributed by atoms with Gasteiger partial charge >= 0.3 is 5.97 Å². The van der Waals surface area contributed by atoms with Crippen LogP contribution in [0.15, 0.2) is 22.6 Å². The van der Waals surface area contributed by atoms with Gasteiger partial charge in [0.15, 0.2) is 0 Å². The molecule has 20 heavy (non-hydrogen) atoms. The van der Waals surface area contributed by atoms with Gasteiger partial charge in [-0.15, -0.1) is 11.3 Å². The first-order valence-corrected chi connectivity index (χ1v) is 7.16. The van der Waals surface area contributed by atoms with E-state index in [2.05, 4.69) is 9.72 Å². The van der Waals surface area contributed by atoms with Gasteiger partial charge in [-0.05, 0) is 33.3 Å². The van der Waals surface area contributed by atoms with Crippen molar-refractivity contribution in [1.29, 1.82) is 0 Å². The maximum absolute atomic E-state index is 11.3. The van der Waals surface area contributed by atoms with Crippen LogP contribution in [0.5, 0.6) is 0 Å². The van der Waals surface area contributed by atoms with E-state index in [0.717, 1.165) is 22.6 Å². The molecule has 0 bridgehead atoms. The van der Waals surface area contributed by atoms with E-state index in [-0.39, 0.29) is 11.9 Å². The van der Waals surface area contributed by atoms with Crippen LogP contribution in [0.1, 0.15) is 31.0 Å². The summed E-state index contributed by atoms with van der Waals surface area (Å²) in [4.78, 5) is 26.8. The molecule has 0 amide bonds. The third kappa shape index (κ3) is 4.74. The molecule has 1 rings (SSSR count). The molecule has 1 aromatic rings. The molecule has 0 radical (unpaired) electrons. The Labute approximate surface area is 123 Å². The van der Waals surface area contributed by atoms with Gasteiger partial charge < -0.3 is 9.53 Å². The smallest absolute Gasteiger partial charge is 0.333 e. The fourth-order valence-corrected chi connectivity index (χ4v) is 2.25. The van der Waals surface area contributed by atoms with Crippen LogP contribution >= 0.6 is 11.3 Å². The summed E-state index contributed by atoms with van der Waals surface area (Å²) in [5.41, 5.74) is 2.31. The maximum Gasteiger partial charge on any atom is 0.333 e. The topological polar surface area (TPSA) is 56.3 Å². The van der Waals surface area contributed by atoms with Crippen LogP contribution in [0.3, 0.4) is 0 Å². The van der Waals surface area contributed by atoms with Crippen molar-refractivity contribution in [1.82, 2.24) is 4.98 Å². The van der Waals surface area contributed by atoms with Gasteiger partial charge in [-0.2, -0.15) is 0 Å². The number of methoxy groups -OCH3 is 1. The number of aldehydes is 1. The monoisotopic (exact) mass is 293 g/mol. The van der Waals surface area contributed by atoms with Crippen molar-refractivity contribution < 1.29 is 14.3 Å². The molecule has 0 aliphatic rings. The lowest BCUT2D eigenvalue weighted by Crippen LogP contribution is -2.05. The Bertz CT molecular complexity index is 543. The third-order valence-electron chi connectivity index (χ3n) is 2.95. The van der Waals surface area contributed by atoms with Gasteiger partial charge in [-0.3, -0.25) is 0 Å². The van der Waals surface area contributed by atoms with E-state index in [9.17, 15) is 9.59 Å². The second-order valence-electron chi connectivity index (χ2n) is 4.54. The summed E-state index contributed by atoms with van der Waals surface area (Å²) in [5, 5.41) is 2.95. The number of carbonyl (C=O) groups is 2. The van der Waals surface area contributed by atoms with Crippen LogP contribution in [-0.4, -0.2) is 24.3 Å². The molecule has 0 N–H and O–H groups in total. The van der Waals surface area contributed by atoms with Crippen molar-refractivity contribution in [2.75, 3.05) is 7.11 Å². The molecule has 1 atom stereocenters. The minimum absolute atomic E-state index is 0.253. The molecule has 0 aromatic carbocycles. The van der Waals surface area contributed by atoms with Gasteiger partial charge in [0.25, 0.3) is 0 Å². The zero-order chi connectivity index (χ0) is 15.1. The Morgan fingerprint density at radius 1 is 1.50 bits per heavy atom. The molecule has 1 heterocycles. The molecular formula is C15H19NO3S. The molecule has 0 fully saturated rings. The number of thiazole rings is 1. The predicted molar refractivity (Wildman–Crippen MR) is 80.4 cm³/mol. The first-order valence-electron chi connectivity index (χ1n) is 6.28. The molecular weight excluding hydrogens is 274 g/mol. The van der Waals surface area contributed by atoms with Crippen LogP contribution in [0.4, 0.5) is 0 Å². The molecule has 0 aliphatic carbocycles. The third-order valence-corrected chi connectivity index (χ3v) is 3.74. The van der Waals surface area contributed by atoms with Crippen molar-refractivity contribution in [3.05, 3.63) is 33.3 Å². The van der Waals surface area contributed by atoms with Crippen molar-refractivity contribution in [2.45, 2.75) is 27.2 Å². The Morgan fingerprint density at radius 2 is 2.20 bits per heavy atom. The van der Waals surface area contributed by atoms with E-state index < -0.39 is 0 Å². The summed E-state index contributed by atoms with van der Waals surface area (Å²) in [6.45, 7) is 5.52. The number of aryl methyl sites for hydroxylation is 1. The molecule has 0 saturated heterocycles. The quantitative estimate of drug-likeness (QED) is 0.459. The summed E-state index contributed by atoms with van der Waals surface area (Å²) in [6.07, 6.45) is 5.01. The minimum Gasteiger partial charge on any atom is -0.466 e. The second kappa shape index (κ2) is 7.75. The predicted octanol–water partition coefficient (Wildman–Crippen LogP) is 3.18. The van der Waals surface area contributed by atoms with Crippen molar-refractivity contribution in [3.63, 3.8) is 0 Å². The molecule has 5 heteroatoms. The summed E-state index contributed by atoms with van der Waals surface area (Å²) in [5.74, 6) is -0.622. The van der Waals surface area contributed by atoms with Crippen LogP contribution in [0.2, 0.25) is 0 Å². The fraction of sp³-hybridized carbons (Fsp3) is 0.400. The summed E-state index contributed by atoms with van der Waals surface area (Å²) in [6, 6.07) is 0. The Morgan fingerprint density at radius 3 is 2.70 bits per heavy atom. The number of nitrogens with zero attached hydrogens (tertiary/aromatic N) is 1. The Hall–Kier alpha value is -1.75. The summed E-state index contributed by atoms with van der Waals surface area (Å²) >= 11 is 1.57. The highest BCUT2D eigenvalue weighted by molar-refractivity contribution is 7.09. The van der Waals surface area contributed by atoms with Crippen molar-refractivity contribution >= 4 is 29.7 Å². The lowest BCUT2D eigenvalue weighted by atomic mass is 9.96. The number of hydrogen-bond acceptors (Lipinski definition) is 5. The van der Waals surface area contributed by atoms with Crippen LogP contribution in [0, 0.1) is 12.8 Å². The number of allylic oxidation sites excluding steroid dienone is 2. The molecule has 108 valence electrons. The van der Waals surface area contributed by atoms with E-state index in [1.807, 2.05) is 25.3 Å². The van der Waals surface area contributed by atoms with E-state index in [1.54, 1.807) is 24.3 Å². The first kappa shape index (κ1) is 16.3. The highest BCUT2D eigenvalue weighted by Crippen LogP contribution is 2.19. The first-order chi connectivity index (χ1) is 9.47. The number of hydrogen-bond donors (Lipinski definition) is 0. The van der Waals surface area contributed by atoms with E-state index in [1.165, 1.54) is 7.11 Å². The molecule has 0 spiro atoms. The molecule has 4 nitrogen and oxygen atoms in total. The lowest BCUT2D eigenvalue weighted by molar-refractivity contribution is -0.136. The maximum atomic E-state index is 11.3. The van der Waals surface area contributed by atoms with Gasteiger partial charge in [0.05, 0.1) is 17.8 Å². The van der Waals surface area contributed by atoms with E-state index in [0.29, 0.717) is 12.0 Å². The Kier molecular flexibility index (Phi) is 6.31. The average Bonchev–Trinajstić information content (AvgIpc) is 2.83. The Balaban J connectivity index is 2.78. The molecule has 1 aromatic heterocycles. The van der Waals surface area contributed by atoms with Crippen LogP contribution in [0.25, 0.3) is 6.08 Å². The molecule has 0 aliphatic heterocycles. The number of rotatable bonds is 6. The second-order valence-corrected chi connectivity index (χ2v) is 5.60. The minimum atomic E-state index is -0.369. The average molecular weight is 293 g/mol. The van der Waals surface area contributed by atoms with E-state index in [4.69, 9.17) is 0 Å². The van der Waals surface area contributed by atoms with Crippen molar-refractivity contribution in [3.8, 4) is 0 Å². The number of aromatic nitrogens is 1. The SMILES string of the molecule is COC(=O)/C(C)=C\C[C@H](C=O)/C(C)=C/c1csc(C)n1. The zero-order valence-electron chi connectivity index (χ0n) is 12.2. The highest BCUT2D eigenvalue weighted by Gasteiger charge is 2.11. The lowest BCUT2D eigenvalue weighted by Gasteiger charge is -2.08. The van der Waals surface area contributed by atoms with Gasteiger partial charge in [-0.1, -0.05) is 11.6 Å². The normalized spacial score (nSPS) is 14.0. The zero-order valence-corrected chi connectivity index (χ0v) is 13.0. The number of ether oxygens (including phenoxy) is 1. The van der Waals surface area contributed by atoms with Gasteiger partial charge in [0, 0.05) is 16.9 Å². The largest absolute Gasteiger partial charge is 0.466 e. The number of esters is 1. The highest BCUT2D eigenvalue weighted by atomic mass is 32.1. The van der Waals surface area contributed by atoms with Crippen molar-refractivity contribution in [2.24, 2.45) is 5.92 Å².